The summed E-state index contributed by atoms with van der Waals surface area (Å²) in [6.45, 7) is 4.94. The Labute approximate surface area is 393 Å². The van der Waals surface area contributed by atoms with Gasteiger partial charge < -0.3 is 19.8 Å². The van der Waals surface area contributed by atoms with Crippen LogP contribution in [0.4, 0.5) is 0 Å². The molecule has 0 fully saturated rings. The first-order valence-corrected chi connectivity index (χ1v) is 29.4. The van der Waals surface area contributed by atoms with E-state index >= 15 is 0 Å². The molecule has 0 aliphatic rings. The summed E-state index contributed by atoms with van der Waals surface area (Å²) < 4.78 is 23.7. The molecule has 0 saturated heterocycles. The first-order valence-electron chi connectivity index (χ1n) is 27.9. The van der Waals surface area contributed by atoms with Crippen LogP contribution in [-0.4, -0.2) is 73.4 Å². The van der Waals surface area contributed by atoms with Gasteiger partial charge in [0.15, 0.2) is 0 Å². The second kappa shape index (κ2) is 46.6. The third-order valence-corrected chi connectivity index (χ3v) is 14.1. The molecule has 0 bridgehead atoms. The van der Waals surface area contributed by atoms with Crippen LogP contribution in [0.3, 0.4) is 0 Å². The first-order chi connectivity index (χ1) is 30.5. The van der Waals surface area contributed by atoms with Crippen molar-refractivity contribution in [3.05, 3.63) is 0 Å². The van der Waals surface area contributed by atoms with Crippen LogP contribution in [-0.2, 0) is 18.4 Å². The number of rotatable bonds is 52. The van der Waals surface area contributed by atoms with E-state index in [1.165, 1.54) is 225 Å². The van der Waals surface area contributed by atoms with Crippen molar-refractivity contribution in [3.63, 3.8) is 0 Å². The Morgan fingerprint density at radius 3 is 1.06 bits per heavy atom. The lowest BCUT2D eigenvalue weighted by Crippen LogP contribution is -2.46. The van der Waals surface area contributed by atoms with Gasteiger partial charge >= 0.3 is 7.82 Å². The third-order valence-electron chi connectivity index (χ3n) is 13.1. The zero-order valence-electron chi connectivity index (χ0n) is 43.1. The van der Waals surface area contributed by atoms with Gasteiger partial charge in [0.1, 0.15) is 13.2 Å². The molecule has 0 spiro atoms. The number of nitrogens with one attached hydrogen (secondary N) is 1. The zero-order valence-corrected chi connectivity index (χ0v) is 44.0. The molecular weight excluding hydrogens is 804 g/mol. The molecule has 0 aliphatic carbocycles. The number of phosphoric ester groups is 1. The van der Waals surface area contributed by atoms with Crippen LogP contribution >= 0.6 is 7.82 Å². The minimum atomic E-state index is -4.31. The first kappa shape index (κ1) is 62.5. The second-order valence-electron chi connectivity index (χ2n) is 20.7. The minimum Gasteiger partial charge on any atom is -0.391 e. The fraction of sp³-hybridized carbons (Fsp3) is 0.981. The fourth-order valence-electron chi connectivity index (χ4n) is 8.70. The van der Waals surface area contributed by atoms with Crippen molar-refractivity contribution in [1.82, 2.24) is 5.32 Å². The molecule has 8 nitrogen and oxygen atoms in total. The van der Waals surface area contributed by atoms with Crippen LogP contribution in [0, 0.1) is 0 Å². The summed E-state index contributed by atoms with van der Waals surface area (Å²) >= 11 is 0. The number of likely N-dealkylation sites (N-methyl/N-ethyl adjacent to an activating group) is 1. The Bertz CT molecular complexity index is 994. The lowest BCUT2D eigenvalue weighted by atomic mass is 10.0. The van der Waals surface area contributed by atoms with Crippen molar-refractivity contribution >= 4 is 13.7 Å². The number of carbonyl (C=O) groups is 1. The number of aliphatic hydroxyl groups is 1. The number of aliphatic hydroxyl groups excluding tert-OH is 1. The Morgan fingerprint density at radius 2 is 0.762 bits per heavy atom. The van der Waals surface area contributed by atoms with E-state index < -0.39 is 20.0 Å². The second-order valence-corrected chi connectivity index (χ2v) is 22.1. The normalized spacial score (nSPS) is 14.0. The Hall–Kier alpha value is -0.500. The monoisotopic (exact) mass is 916 g/mol. The van der Waals surface area contributed by atoms with E-state index in [0.29, 0.717) is 23.9 Å². The van der Waals surface area contributed by atoms with E-state index in [0.717, 1.165) is 38.5 Å². The number of carbonyl (C=O) groups excluding carboxylic acids is 1. The van der Waals surface area contributed by atoms with Crippen molar-refractivity contribution in [1.29, 1.82) is 0 Å². The number of amides is 1. The zero-order chi connectivity index (χ0) is 46.4. The summed E-state index contributed by atoms with van der Waals surface area (Å²) in [5.74, 6) is -0.137. The van der Waals surface area contributed by atoms with Crippen LogP contribution in [0.2, 0.25) is 0 Å². The minimum absolute atomic E-state index is 0.0790. The van der Waals surface area contributed by atoms with Gasteiger partial charge in [-0.3, -0.25) is 13.8 Å². The number of quaternary nitrogens is 1. The van der Waals surface area contributed by atoms with Crippen molar-refractivity contribution in [2.24, 2.45) is 0 Å². The van der Waals surface area contributed by atoms with Crippen molar-refractivity contribution in [2.45, 2.75) is 302 Å². The predicted molar refractivity (Wildman–Crippen MR) is 272 cm³/mol. The highest BCUT2D eigenvalue weighted by Gasteiger charge is 2.28. The average molecular weight is 916 g/mol. The molecule has 63 heavy (non-hydrogen) atoms. The van der Waals surface area contributed by atoms with Crippen LogP contribution < -0.4 is 5.32 Å². The third kappa shape index (κ3) is 49.2. The molecule has 0 aromatic rings. The van der Waals surface area contributed by atoms with Crippen LogP contribution in [0.25, 0.3) is 0 Å². The van der Waals surface area contributed by atoms with Crippen molar-refractivity contribution in [2.75, 3.05) is 40.9 Å². The molecule has 0 heterocycles. The number of hydrogen-bond acceptors (Lipinski definition) is 5. The maximum atomic E-state index is 13.0. The van der Waals surface area contributed by atoms with Gasteiger partial charge in [0.05, 0.1) is 39.9 Å². The summed E-state index contributed by atoms with van der Waals surface area (Å²) in [7, 11) is 1.63. The molecule has 0 aliphatic heterocycles. The highest BCUT2D eigenvalue weighted by atomic mass is 31.2. The Kier molecular flexibility index (Phi) is 46.2. The molecular formula is C54H112N2O6P+. The standard InChI is InChI=1S/C54H111N2O6P/c1-6-8-10-12-14-16-18-20-22-23-24-25-26-27-28-29-30-31-32-34-36-38-40-42-44-46-48-54(58)55-52(51-62-63(59,60)61-50-49-56(3,4)5)53(57)47-45-43-41-39-37-35-33-21-19-17-15-13-11-9-7-2/h52-53,57H,6-51H2,1-5H3,(H-,55,58,59,60)/p+1/t52-,53+/m0/s1. The number of hydrogen-bond donors (Lipinski definition) is 3. The molecule has 1 unspecified atom stereocenters. The lowest BCUT2D eigenvalue weighted by molar-refractivity contribution is -0.870. The van der Waals surface area contributed by atoms with E-state index in [1.807, 2.05) is 21.1 Å². The SMILES string of the molecule is CCCCCCCCCCCCCCCCCCCCCCCCCCCCC(=O)N[C@@H](COP(=O)(O)OCC[N+](C)(C)C)[C@H](O)CCCCCCCCCCCCCCCCC. The molecule has 9 heteroatoms. The summed E-state index contributed by atoms with van der Waals surface area (Å²) in [6, 6.07) is -0.754. The molecule has 3 atom stereocenters. The van der Waals surface area contributed by atoms with Crippen LogP contribution in [0.5, 0.6) is 0 Å². The molecule has 378 valence electrons. The predicted octanol–water partition coefficient (Wildman–Crippen LogP) is 16.5. The molecule has 0 aromatic carbocycles. The largest absolute Gasteiger partial charge is 0.472 e. The van der Waals surface area contributed by atoms with Gasteiger partial charge in [0.2, 0.25) is 5.91 Å². The smallest absolute Gasteiger partial charge is 0.391 e. The van der Waals surface area contributed by atoms with Crippen molar-refractivity contribution < 1.29 is 32.9 Å². The maximum absolute atomic E-state index is 13.0. The molecule has 1 amide bonds. The van der Waals surface area contributed by atoms with Gasteiger partial charge in [-0.15, -0.1) is 0 Å². The Morgan fingerprint density at radius 1 is 0.476 bits per heavy atom. The summed E-state index contributed by atoms with van der Waals surface area (Å²) in [5.41, 5.74) is 0. The topological polar surface area (TPSA) is 105 Å². The quantitative estimate of drug-likeness (QED) is 0.0319. The van der Waals surface area contributed by atoms with Crippen molar-refractivity contribution in [3.8, 4) is 0 Å². The van der Waals surface area contributed by atoms with E-state index in [9.17, 15) is 19.4 Å². The highest BCUT2D eigenvalue weighted by Crippen LogP contribution is 2.43. The maximum Gasteiger partial charge on any atom is 0.472 e. The summed E-state index contributed by atoms with van der Waals surface area (Å²) in [6.07, 6.45) is 54.4. The molecule has 0 aromatic heterocycles. The lowest BCUT2D eigenvalue weighted by Gasteiger charge is -2.26. The number of nitrogens with zero attached hydrogens (tertiary/aromatic N) is 1. The van der Waals surface area contributed by atoms with Gasteiger partial charge in [0, 0.05) is 6.42 Å². The molecule has 0 radical (unpaired) electrons. The van der Waals surface area contributed by atoms with Gasteiger partial charge in [-0.2, -0.15) is 0 Å². The number of phosphoric acid groups is 1. The van der Waals surface area contributed by atoms with E-state index in [4.69, 9.17) is 9.05 Å². The van der Waals surface area contributed by atoms with Gasteiger partial charge in [-0.1, -0.05) is 271 Å². The fourth-order valence-corrected chi connectivity index (χ4v) is 9.43. The van der Waals surface area contributed by atoms with E-state index in [-0.39, 0.29) is 19.1 Å². The van der Waals surface area contributed by atoms with Crippen LogP contribution in [0.1, 0.15) is 290 Å². The van der Waals surface area contributed by atoms with E-state index in [1.54, 1.807) is 0 Å². The Balaban J connectivity index is 4.08. The molecule has 3 N–H and O–H groups in total. The summed E-state index contributed by atoms with van der Waals surface area (Å²) in [4.78, 5) is 23.3. The summed E-state index contributed by atoms with van der Waals surface area (Å²) in [5, 5.41) is 14.0. The van der Waals surface area contributed by atoms with Gasteiger partial charge in [0.25, 0.3) is 0 Å². The molecule has 0 saturated carbocycles. The van der Waals surface area contributed by atoms with Gasteiger partial charge in [-0.05, 0) is 12.8 Å². The van der Waals surface area contributed by atoms with Gasteiger partial charge in [-0.25, -0.2) is 4.57 Å². The molecule has 0 rings (SSSR count). The van der Waals surface area contributed by atoms with Crippen LogP contribution in [0.15, 0.2) is 0 Å². The highest BCUT2D eigenvalue weighted by molar-refractivity contribution is 7.47. The van der Waals surface area contributed by atoms with E-state index in [2.05, 4.69) is 19.2 Å². The average Bonchev–Trinajstić information content (AvgIpc) is 3.24. The number of unbranched alkanes of at least 4 members (excludes halogenated alkanes) is 39.